The second-order valence-corrected chi connectivity index (χ2v) is 8.91. The quantitative estimate of drug-likeness (QED) is 0.246. The average molecular weight is 520 g/mol. The maximum Gasteiger partial charge on any atom is 0.255 e. The summed E-state index contributed by atoms with van der Waals surface area (Å²) < 4.78 is 11.4. The molecule has 0 aliphatic rings. The largest absolute Gasteiger partial charge is 0.496 e. The Balaban J connectivity index is 1.57. The van der Waals surface area contributed by atoms with E-state index in [1.54, 1.807) is 79.9 Å². The van der Waals surface area contributed by atoms with Crippen LogP contribution in [0, 0.1) is 6.92 Å². The number of ketones is 1. The molecule has 0 spiro atoms. The Morgan fingerprint density at radius 3 is 2.36 bits per heavy atom. The zero-order valence-electron chi connectivity index (χ0n) is 19.7. The summed E-state index contributed by atoms with van der Waals surface area (Å²) in [7, 11) is 1.56. The topological polar surface area (TPSA) is 64.6 Å². The van der Waals surface area contributed by atoms with E-state index in [0.29, 0.717) is 49.5 Å². The number of carbonyl (C=O) groups excluding carboxylic acids is 2. The van der Waals surface area contributed by atoms with Crippen LogP contribution in [0.25, 0.3) is 0 Å². The fourth-order valence-electron chi connectivity index (χ4n) is 3.65. The summed E-state index contributed by atoms with van der Waals surface area (Å²) in [6.07, 6.45) is 0. The molecule has 0 atom stereocenters. The van der Waals surface area contributed by atoms with Crippen molar-refractivity contribution in [1.29, 1.82) is 0 Å². The molecule has 0 aromatic heterocycles. The van der Waals surface area contributed by atoms with Crippen LogP contribution in [-0.2, 0) is 6.61 Å². The number of anilines is 1. The van der Waals surface area contributed by atoms with Gasteiger partial charge in [-0.25, -0.2) is 0 Å². The van der Waals surface area contributed by atoms with Crippen molar-refractivity contribution in [2.24, 2.45) is 0 Å². The first-order chi connectivity index (χ1) is 17.4. The molecule has 1 N–H and O–H groups in total. The third-order valence-electron chi connectivity index (χ3n) is 5.58. The maximum atomic E-state index is 13.2. The molecule has 0 saturated heterocycles. The van der Waals surface area contributed by atoms with Crippen molar-refractivity contribution in [3.05, 3.63) is 123 Å². The molecular formula is C29H23Cl2NO4. The molecule has 4 rings (SSSR count). The van der Waals surface area contributed by atoms with Crippen LogP contribution in [-0.4, -0.2) is 18.8 Å². The highest BCUT2D eigenvalue weighted by atomic mass is 35.5. The van der Waals surface area contributed by atoms with Crippen molar-refractivity contribution >= 4 is 40.6 Å². The van der Waals surface area contributed by atoms with Gasteiger partial charge in [0, 0.05) is 32.3 Å². The van der Waals surface area contributed by atoms with E-state index in [2.05, 4.69) is 5.32 Å². The van der Waals surface area contributed by atoms with Crippen LogP contribution in [0.3, 0.4) is 0 Å². The summed E-state index contributed by atoms with van der Waals surface area (Å²) in [5, 5.41) is 3.90. The fraction of sp³-hybridized carbons (Fsp3) is 0.103. The summed E-state index contributed by atoms with van der Waals surface area (Å²) in [6.45, 7) is 2.08. The van der Waals surface area contributed by atoms with E-state index in [0.717, 1.165) is 5.56 Å². The molecular weight excluding hydrogens is 497 g/mol. The second-order valence-electron chi connectivity index (χ2n) is 8.07. The van der Waals surface area contributed by atoms with Gasteiger partial charge < -0.3 is 14.8 Å². The lowest BCUT2D eigenvalue weighted by molar-refractivity contribution is 0.102. The molecule has 182 valence electrons. The Labute approximate surface area is 219 Å². The molecule has 0 bridgehead atoms. The third kappa shape index (κ3) is 5.88. The molecule has 0 saturated carbocycles. The molecule has 1 amide bonds. The van der Waals surface area contributed by atoms with Crippen LogP contribution >= 0.6 is 23.2 Å². The first kappa shape index (κ1) is 25.3. The fourth-order valence-corrected chi connectivity index (χ4v) is 3.94. The predicted molar refractivity (Wildman–Crippen MR) is 143 cm³/mol. The van der Waals surface area contributed by atoms with Gasteiger partial charge in [0.2, 0.25) is 0 Å². The van der Waals surface area contributed by atoms with Gasteiger partial charge in [0.1, 0.15) is 18.1 Å². The van der Waals surface area contributed by atoms with Crippen LogP contribution in [0.5, 0.6) is 11.5 Å². The number of aryl methyl sites for hydroxylation is 1. The van der Waals surface area contributed by atoms with E-state index >= 15 is 0 Å². The van der Waals surface area contributed by atoms with Crippen molar-refractivity contribution in [1.82, 2.24) is 0 Å². The number of halogens is 2. The molecule has 4 aromatic rings. The van der Waals surface area contributed by atoms with E-state index < -0.39 is 0 Å². The highest BCUT2D eigenvalue weighted by Gasteiger charge is 2.18. The Hall–Kier alpha value is -3.80. The van der Waals surface area contributed by atoms with E-state index in [4.69, 9.17) is 32.7 Å². The number of nitrogens with one attached hydrogen (secondary N) is 1. The van der Waals surface area contributed by atoms with Crippen LogP contribution < -0.4 is 14.8 Å². The van der Waals surface area contributed by atoms with Crippen molar-refractivity contribution in [2.45, 2.75) is 13.5 Å². The lowest BCUT2D eigenvalue weighted by Gasteiger charge is -2.14. The Morgan fingerprint density at radius 1 is 0.861 bits per heavy atom. The number of amides is 1. The predicted octanol–water partition coefficient (Wildman–Crippen LogP) is 7.37. The number of carbonyl (C=O) groups is 2. The summed E-state index contributed by atoms with van der Waals surface area (Å²) in [6, 6.07) is 24.1. The molecule has 7 heteroatoms. The molecule has 0 radical (unpaired) electrons. The number of rotatable bonds is 8. The monoisotopic (exact) mass is 519 g/mol. The van der Waals surface area contributed by atoms with Gasteiger partial charge in [0.05, 0.1) is 12.8 Å². The van der Waals surface area contributed by atoms with E-state index in [1.165, 1.54) is 0 Å². The number of hydrogen-bond donors (Lipinski definition) is 1. The minimum absolute atomic E-state index is 0.185. The second kappa shape index (κ2) is 11.3. The van der Waals surface area contributed by atoms with Crippen LogP contribution in [0.1, 0.15) is 37.4 Å². The average Bonchev–Trinajstić information content (AvgIpc) is 2.90. The number of benzene rings is 4. The Bertz CT molecular complexity index is 1420. The van der Waals surface area contributed by atoms with Crippen LogP contribution in [0.4, 0.5) is 5.69 Å². The Morgan fingerprint density at radius 2 is 1.64 bits per heavy atom. The summed E-state index contributed by atoms with van der Waals surface area (Å²) in [5.41, 5.74) is 3.14. The first-order valence-corrected chi connectivity index (χ1v) is 11.9. The zero-order chi connectivity index (χ0) is 25.7. The molecule has 0 heterocycles. The Kier molecular flexibility index (Phi) is 7.93. The molecule has 36 heavy (non-hydrogen) atoms. The minimum Gasteiger partial charge on any atom is -0.496 e. The number of ether oxygens (including phenoxy) is 2. The van der Waals surface area contributed by atoms with Crippen molar-refractivity contribution in [3.63, 3.8) is 0 Å². The van der Waals surface area contributed by atoms with Gasteiger partial charge in [-0.05, 0) is 67.1 Å². The molecule has 0 unspecified atom stereocenters. The van der Waals surface area contributed by atoms with Crippen molar-refractivity contribution in [3.8, 4) is 11.5 Å². The first-order valence-electron chi connectivity index (χ1n) is 11.1. The van der Waals surface area contributed by atoms with Crippen LogP contribution in [0.2, 0.25) is 10.0 Å². The SMILES string of the molecule is COc1ccc(C(=O)Nc2ccc(Cl)cc2C(=O)c2ccccc2)cc1COc1ccc(Cl)c(C)c1. The van der Waals surface area contributed by atoms with E-state index in [1.807, 2.05) is 19.1 Å². The molecule has 0 fully saturated rings. The number of methoxy groups -OCH3 is 1. The zero-order valence-corrected chi connectivity index (χ0v) is 21.2. The van der Waals surface area contributed by atoms with Crippen molar-refractivity contribution in [2.75, 3.05) is 12.4 Å². The van der Waals surface area contributed by atoms with E-state index in [-0.39, 0.29) is 18.3 Å². The smallest absolute Gasteiger partial charge is 0.255 e. The van der Waals surface area contributed by atoms with Gasteiger partial charge in [-0.15, -0.1) is 0 Å². The lowest BCUT2D eigenvalue weighted by atomic mass is 10.0. The van der Waals surface area contributed by atoms with Gasteiger partial charge in [-0.3, -0.25) is 9.59 Å². The normalized spacial score (nSPS) is 10.6. The van der Waals surface area contributed by atoms with Gasteiger partial charge in [-0.2, -0.15) is 0 Å². The third-order valence-corrected chi connectivity index (χ3v) is 6.24. The highest BCUT2D eigenvalue weighted by molar-refractivity contribution is 6.31. The molecule has 4 aromatic carbocycles. The van der Waals surface area contributed by atoms with Crippen LogP contribution in [0.15, 0.2) is 84.9 Å². The molecule has 0 aliphatic heterocycles. The van der Waals surface area contributed by atoms with E-state index in [9.17, 15) is 9.59 Å². The van der Waals surface area contributed by atoms with Gasteiger partial charge in [0.25, 0.3) is 5.91 Å². The van der Waals surface area contributed by atoms with Gasteiger partial charge in [-0.1, -0.05) is 53.5 Å². The van der Waals surface area contributed by atoms with Gasteiger partial charge in [0.15, 0.2) is 5.78 Å². The molecule has 0 aliphatic carbocycles. The highest BCUT2D eigenvalue weighted by Crippen LogP contribution is 2.27. The lowest BCUT2D eigenvalue weighted by Crippen LogP contribution is -2.16. The minimum atomic E-state index is -0.384. The summed E-state index contributed by atoms with van der Waals surface area (Å²) in [4.78, 5) is 26.3. The van der Waals surface area contributed by atoms with Gasteiger partial charge >= 0.3 is 0 Å². The maximum absolute atomic E-state index is 13.2. The standard InChI is InChI=1S/C29H23Cl2NO4/c1-18-14-23(10-11-25(18)31)36-17-21-15-20(8-13-27(21)35-2)29(34)32-26-12-9-22(30)16-24(26)28(33)19-6-4-3-5-7-19/h3-16H,17H2,1-2H3,(H,32,34). The summed E-state index contributed by atoms with van der Waals surface area (Å²) in [5.74, 6) is 0.615. The molecule has 5 nitrogen and oxygen atoms in total. The van der Waals surface area contributed by atoms with Crippen molar-refractivity contribution < 1.29 is 19.1 Å². The number of hydrogen-bond acceptors (Lipinski definition) is 4. The summed E-state index contributed by atoms with van der Waals surface area (Å²) >= 11 is 12.3.